The van der Waals surface area contributed by atoms with Gasteiger partial charge in [0.25, 0.3) is 5.91 Å². The highest BCUT2D eigenvalue weighted by Crippen LogP contribution is 2.35. The molecule has 37 heavy (non-hydrogen) atoms. The number of amides is 1. The van der Waals surface area contributed by atoms with Gasteiger partial charge in [0.1, 0.15) is 0 Å². The summed E-state index contributed by atoms with van der Waals surface area (Å²) in [5, 5.41) is 7.41. The lowest BCUT2D eigenvalue weighted by molar-refractivity contribution is -0.119. The Bertz CT molecular complexity index is 1390. The first-order valence-corrected chi connectivity index (χ1v) is 12.8. The molecule has 1 aliphatic heterocycles. The van der Waals surface area contributed by atoms with Crippen LogP contribution in [0.2, 0.25) is 5.02 Å². The number of thiocarbonyl (C=S) groups is 1. The Hall–Kier alpha value is -3.68. The number of benzodiazepines with no additional fused rings is 1. The lowest BCUT2D eigenvalue weighted by Gasteiger charge is -2.35. The van der Waals surface area contributed by atoms with Crippen LogP contribution in [0, 0.1) is 11.8 Å². The maximum absolute atomic E-state index is 13.5. The maximum Gasteiger partial charge on any atom is 0.272 e. The van der Waals surface area contributed by atoms with E-state index < -0.39 is 6.17 Å². The largest absolute Gasteiger partial charge is 0.380 e. The van der Waals surface area contributed by atoms with Gasteiger partial charge in [-0.25, -0.2) is 4.99 Å². The molecule has 1 amide bonds. The SMILES string of the molecule is CN(C)C1=CC=C(NC(=S)NC2N=C(c3ccccc3)c3cc(Cl)ccc3N(C)C2=O)C2C=CC=CC12. The van der Waals surface area contributed by atoms with Crippen LogP contribution in [0.25, 0.3) is 0 Å². The van der Waals surface area contributed by atoms with Crippen LogP contribution in [0.4, 0.5) is 5.69 Å². The summed E-state index contributed by atoms with van der Waals surface area (Å²) < 4.78 is 0. The smallest absolute Gasteiger partial charge is 0.272 e. The third-order valence-corrected chi connectivity index (χ3v) is 7.21. The average molecular weight is 530 g/mol. The number of anilines is 1. The number of nitrogens with one attached hydrogen (secondary N) is 2. The van der Waals surface area contributed by atoms with Crippen molar-refractivity contribution in [3.05, 3.63) is 113 Å². The minimum Gasteiger partial charge on any atom is -0.380 e. The quantitative estimate of drug-likeness (QED) is 0.565. The molecular formula is C29H28ClN5OS. The topological polar surface area (TPSA) is 60.0 Å². The minimum absolute atomic E-state index is 0.120. The van der Waals surface area contributed by atoms with E-state index in [-0.39, 0.29) is 17.7 Å². The molecule has 3 unspecified atom stereocenters. The number of carbonyl (C=O) groups is 1. The molecule has 0 saturated carbocycles. The third kappa shape index (κ3) is 4.97. The lowest BCUT2D eigenvalue weighted by Crippen LogP contribution is -2.50. The van der Waals surface area contributed by atoms with Gasteiger partial charge in [0, 0.05) is 60.5 Å². The molecule has 2 N–H and O–H groups in total. The fourth-order valence-corrected chi connectivity index (χ4v) is 5.32. The van der Waals surface area contributed by atoms with Crippen LogP contribution in [0.15, 0.2) is 101 Å². The summed E-state index contributed by atoms with van der Waals surface area (Å²) in [5.41, 5.74) is 5.27. The zero-order valence-electron chi connectivity index (χ0n) is 20.9. The number of carbonyl (C=O) groups excluding carboxylic acids is 1. The number of nitrogens with zero attached hydrogens (tertiary/aromatic N) is 3. The van der Waals surface area contributed by atoms with Crippen LogP contribution < -0.4 is 15.5 Å². The van der Waals surface area contributed by atoms with Gasteiger partial charge in [0.2, 0.25) is 6.17 Å². The highest BCUT2D eigenvalue weighted by Gasteiger charge is 2.33. The number of hydrogen-bond donors (Lipinski definition) is 2. The lowest BCUT2D eigenvalue weighted by atomic mass is 9.80. The van der Waals surface area contributed by atoms with Crippen LogP contribution in [-0.2, 0) is 4.79 Å². The molecule has 2 aromatic carbocycles. The van der Waals surface area contributed by atoms with Gasteiger partial charge >= 0.3 is 0 Å². The fraction of sp³-hybridized carbons (Fsp3) is 0.207. The molecule has 1 heterocycles. The van der Waals surface area contributed by atoms with Crippen molar-refractivity contribution in [1.82, 2.24) is 15.5 Å². The second kappa shape index (κ2) is 10.4. The monoisotopic (exact) mass is 529 g/mol. The average Bonchev–Trinajstić information content (AvgIpc) is 2.99. The van der Waals surface area contributed by atoms with E-state index in [2.05, 4.69) is 53.9 Å². The van der Waals surface area contributed by atoms with E-state index in [4.69, 9.17) is 28.8 Å². The zero-order valence-corrected chi connectivity index (χ0v) is 22.4. The molecule has 5 rings (SSSR count). The number of hydrogen-bond acceptors (Lipinski definition) is 4. The minimum atomic E-state index is -0.916. The summed E-state index contributed by atoms with van der Waals surface area (Å²) in [6.45, 7) is 0. The molecule has 0 spiro atoms. The van der Waals surface area contributed by atoms with E-state index >= 15 is 0 Å². The predicted octanol–water partition coefficient (Wildman–Crippen LogP) is 4.65. The molecule has 188 valence electrons. The summed E-state index contributed by atoms with van der Waals surface area (Å²) in [7, 11) is 5.84. The normalized spacial score (nSPS) is 22.2. The molecule has 0 radical (unpaired) electrons. The van der Waals surface area contributed by atoms with Gasteiger partial charge in [0.15, 0.2) is 5.11 Å². The Labute approximate surface area is 227 Å². The molecule has 0 saturated heterocycles. The molecule has 3 atom stereocenters. The first kappa shape index (κ1) is 25.0. The zero-order chi connectivity index (χ0) is 26.1. The van der Waals surface area contributed by atoms with Crippen molar-refractivity contribution in [2.45, 2.75) is 6.17 Å². The van der Waals surface area contributed by atoms with Crippen LogP contribution >= 0.6 is 23.8 Å². The first-order valence-electron chi connectivity index (χ1n) is 12.1. The highest BCUT2D eigenvalue weighted by molar-refractivity contribution is 7.80. The Morgan fingerprint density at radius 2 is 1.78 bits per heavy atom. The summed E-state index contributed by atoms with van der Waals surface area (Å²) >= 11 is 12.0. The van der Waals surface area contributed by atoms with Crippen molar-refractivity contribution < 1.29 is 4.79 Å². The van der Waals surface area contributed by atoms with Gasteiger partial charge in [-0.05, 0) is 42.6 Å². The Morgan fingerprint density at radius 3 is 2.51 bits per heavy atom. The molecule has 6 nitrogen and oxygen atoms in total. The van der Waals surface area contributed by atoms with Crippen molar-refractivity contribution in [2.75, 3.05) is 26.0 Å². The summed E-state index contributed by atoms with van der Waals surface area (Å²) in [6, 6.07) is 15.2. The second-order valence-electron chi connectivity index (χ2n) is 9.33. The van der Waals surface area contributed by atoms with Gasteiger partial charge in [-0.15, -0.1) is 0 Å². The van der Waals surface area contributed by atoms with Crippen molar-refractivity contribution in [3.8, 4) is 0 Å². The Morgan fingerprint density at radius 1 is 1.05 bits per heavy atom. The van der Waals surface area contributed by atoms with E-state index in [9.17, 15) is 4.79 Å². The molecule has 0 bridgehead atoms. The van der Waals surface area contributed by atoms with Crippen LogP contribution in [0.3, 0.4) is 0 Å². The first-order chi connectivity index (χ1) is 17.8. The van der Waals surface area contributed by atoms with E-state index in [1.807, 2.05) is 54.6 Å². The Kier molecular flexibility index (Phi) is 7.00. The summed E-state index contributed by atoms with van der Waals surface area (Å²) in [5.74, 6) is 0.113. The van der Waals surface area contributed by atoms with Gasteiger partial charge in [-0.3, -0.25) is 4.79 Å². The van der Waals surface area contributed by atoms with Crippen LogP contribution in [0.5, 0.6) is 0 Å². The van der Waals surface area contributed by atoms with Gasteiger partial charge < -0.3 is 20.4 Å². The molecule has 0 aromatic heterocycles. The molecule has 0 fully saturated rings. The fourth-order valence-electron chi connectivity index (χ4n) is 4.91. The molecule has 8 heteroatoms. The van der Waals surface area contributed by atoms with Crippen molar-refractivity contribution in [2.24, 2.45) is 16.8 Å². The van der Waals surface area contributed by atoms with E-state index in [1.54, 1.807) is 18.0 Å². The van der Waals surface area contributed by atoms with E-state index in [1.165, 1.54) is 5.70 Å². The predicted molar refractivity (Wildman–Crippen MR) is 155 cm³/mol. The summed E-state index contributed by atoms with van der Waals surface area (Å²) in [4.78, 5) is 22.1. The standard InChI is InChI=1S/C29H28ClN5OS/c1-34(2)24-16-14-23(20-11-7-8-12-21(20)24)31-29(37)33-27-28(36)35(3)25-15-13-19(30)17-22(25)26(32-27)18-9-5-4-6-10-18/h4-17,20-21,27H,1-3H3,(H2,31,33,37). The third-order valence-electron chi connectivity index (χ3n) is 6.76. The number of fused-ring (bicyclic) bond motifs is 2. The summed E-state index contributed by atoms with van der Waals surface area (Å²) in [6.07, 6.45) is 11.7. The van der Waals surface area contributed by atoms with Crippen molar-refractivity contribution in [3.63, 3.8) is 0 Å². The molecule has 3 aliphatic rings. The number of aliphatic imine (C=N–C) groups is 1. The van der Waals surface area contributed by atoms with Gasteiger partial charge in [-0.2, -0.15) is 0 Å². The van der Waals surface area contributed by atoms with E-state index in [0.717, 1.165) is 22.5 Å². The number of halogens is 1. The second-order valence-corrected chi connectivity index (χ2v) is 10.2. The molecule has 2 aliphatic carbocycles. The number of likely N-dealkylation sites (N-methyl/N-ethyl adjacent to an activating group) is 1. The van der Waals surface area contributed by atoms with E-state index in [0.29, 0.717) is 15.8 Å². The maximum atomic E-state index is 13.5. The van der Waals surface area contributed by atoms with Crippen LogP contribution in [-0.4, -0.2) is 48.9 Å². The van der Waals surface area contributed by atoms with Crippen LogP contribution in [0.1, 0.15) is 11.1 Å². The highest BCUT2D eigenvalue weighted by atomic mass is 35.5. The Balaban J connectivity index is 1.45. The van der Waals surface area contributed by atoms with Crippen molar-refractivity contribution in [1.29, 1.82) is 0 Å². The van der Waals surface area contributed by atoms with Gasteiger partial charge in [0.05, 0.1) is 11.4 Å². The van der Waals surface area contributed by atoms with Gasteiger partial charge in [-0.1, -0.05) is 66.2 Å². The molecule has 2 aromatic rings. The van der Waals surface area contributed by atoms with Crippen molar-refractivity contribution >= 4 is 46.2 Å². The molecular weight excluding hydrogens is 502 g/mol. The number of allylic oxidation sites excluding steroid dienone is 6. The number of rotatable bonds is 4. The number of benzene rings is 2.